The first-order chi connectivity index (χ1) is 8.24. The Balaban J connectivity index is 1.94. The molecule has 0 bridgehead atoms. The van der Waals surface area contributed by atoms with Gasteiger partial charge in [-0.2, -0.15) is 0 Å². The number of rotatable bonds is 3. The van der Waals surface area contributed by atoms with E-state index >= 15 is 0 Å². The second-order valence-electron chi connectivity index (χ2n) is 5.36. The van der Waals surface area contributed by atoms with E-state index in [1.54, 1.807) is 0 Å². The minimum absolute atomic E-state index is 0.164. The van der Waals surface area contributed by atoms with Crippen molar-refractivity contribution in [1.29, 1.82) is 0 Å². The number of aliphatic hydroxyl groups is 2. The molecule has 2 aliphatic rings. The van der Waals surface area contributed by atoms with Crippen LogP contribution >= 0.6 is 0 Å². The molecule has 0 aliphatic carbocycles. The van der Waals surface area contributed by atoms with Gasteiger partial charge in [0.15, 0.2) is 0 Å². The van der Waals surface area contributed by atoms with Gasteiger partial charge >= 0.3 is 0 Å². The maximum Gasteiger partial charge on any atom is 0.0599 e. The lowest BCUT2D eigenvalue weighted by Gasteiger charge is -2.46. The lowest BCUT2D eigenvalue weighted by molar-refractivity contribution is 0.0122. The van der Waals surface area contributed by atoms with Gasteiger partial charge in [-0.1, -0.05) is 0 Å². The van der Waals surface area contributed by atoms with E-state index in [1.165, 1.54) is 12.8 Å². The molecule has 0 spiro atoms. The molecule has 3 N–H and O–H groups in total. The van der Waals surface area contributed by atoms with Crippen molar-refractivity contribution in [2.45, 2.75) is 31.0 Å². The molecule has 2 atom stereocenters. The summed E-state index contributed by atoms with van der Waals surface area (Å²) < 4.78 is 0. The van der Waals surface area contributed by atoms with E-state index < -0.39 is 0 Å². The first kappa shape index (κ1) is 13.2. The van der Waals surface area contributed by atoms with Crippen LogP contribution in [0.2, 0.25) is 0 Å². The topological polar surface area (TPSA) is 59.0 Å². The van der Waals surface area contributed by atoms with Gasteiger partial charge < -0.3 is 20.4 Å². The molecule has 5 nitrogen and oxygen atoms in total. The molecule has 2 rings (SSSR count). The summed E-state index contributed by atoms with van der Waals surface area (Å²) in [5, 5.41) is 22.0. The van der Waals surface area contributed by atoms with Gasteiger partial charge in [0.1, 0.15) is 0 Å². The Bertz CT molecular complexity index is 232. The molecule has 0 aromatic carbocycles. The number of piperazine rings is 1. The van der Waals surface area contributed by atoms with Crippen molar-refractivity contribution in [3.05, 3.63) is 0 Å². The van der Waals surface area contributed by atoms with Gasteiger partial charge in [-0.25, -0.2) is 0 Å². The van der Waals surface area contributed by atoms with Crippen LogP contribution in [0.1, 0.15) is 12.8 Å². The quantitative estimate of drug-likeness (QED) is 0.576. The molecule has 2 unspecified atom stereocenters. The zero-order valence-corrected chi connectivity index (χ0v) is 10.7. The summed E-state index contributed by atoms with van der Waals surface area (Å²) in [6, 6.07) is 0.947. The van der Waals surface area contributed by atoms with E-state index in [9.17, 15) is 10.2 Å². The molecular weight excluding hydrogens is 218 g/mol. The zero-order valence-electron chi connectivity index (χ0n) is 10.7. The Kier molecular flexibility index (Phi) is 4.76. The number of likely N-dealkylation sites (tertiary alicyclic amines) is 1. The van der Waals surface area contributed by atoms with Gasteiger partial charge in [0, 0.05) is 31.2 Å². The molecule has 2 aliphatic heterocycles. The summed E-state index contributed by atoms with van der Waals surface area (Å²) in [5.41, 5.74) is 0. The molecular formula is C12H25N3O2. The monoisotopic (exact) mass is 243 g/mol. The number of nitrogens with one attached hydrogen (secondary N) is 1. The van der Waals surface area contributed by atoms with Crippen molar-refractivity contribution >= 4 is 0 Å². The minimum Gasteiger partial charge on any atom is -0.395 e. The average molecular weight is 243 g/mol. The number of aliphatic hydroxyl groups excluding tert-OH is 2. The molecule has 2 heterocycles. The predicted molar refractivity (Wildman–Crippen MR) is 67.0 cm³/mol. The second kappa shape index (κ2) is 6.11. The fourth-order valence-electron chi connectivity index (χ4n) is 2.95. The van der Waals surface area contributed by atoms with Gasteiger partial charge in [-0.05, 0) is 33.0 Å². The second-order valence-corrected chi connectivity index (χ2v) is 5.36. The van der Waals surface area contributed by atoms with Crippen LogP contribution in [-0.2, 0) is 0 Å². The van der Waals surface area contributed by atoms with Crippen LogP contribution in [0.25, 0.3) is 0 Å². The third-order valence-corrected chi connectivity index (χ3v) is 4.13. The first-order valence-corrected chi connectivity index (χ1v) is 6.64. The Morgan fingerprint density at radius 3 is 2.47 bits per heavy atom. The van der Waals surface area contributed by atoms with E-state index in [4.69, 9.17) is 0 Å². The van der Waals surface area contributed by atoms with Gasteiger partial charge in [0.25, 0.3) is 0 Å². The zero-order chi connectivity index (χ0) is 12.3. The molecule has 0 saturated carbocycles. The normalized spacial score (nSPS) is 34.1. The Morgan fingerprint density at radius 2 is 1.88 bits per heavy atom. The Labute approximate surface area is 103 Å². The third kappa shape index (κ3) is 3.17. The highest BCUT2D eigenvalue weighted by atomic mass is 16.3. The minimum atomic E-state index is 0.164. The summed E-state index contributed by atoms with van der Waals surface area (Å²) in [7, 11) is 2.16. The van der Waals surface area contributed by atoms with Crippen molar-refractivity contribution < 1.29 is 10.2 Å². The summed E-state index contributed by atoms with van der Waals surface area (Å²) in [6.45, 7) is 4.30. The van der Waals surface area contributed by atoms with E-state index in [2.05, 4.69) is 22.2 Å². The molecule has 0 radical (unpaired) electrons. The van der Waals surface area contributed by atoms with Gasteiger partial charge in [-0.3, -0.25) is 4.90 Å². The van der Waals surface area contributed by atoms with E-state index in [-0.39, 0.29) is 25.3 Å². The van der Waals surface area contributed by atoms with Crippen LogP contribution in [0.4, 0.5) is 0 Å². The van der Waals surface area contributed by atoms with Crippen molar-refractivity contribution in [2.24, 2.45) is 0 Å². The fourth-order valence-corrected chi connectivity index (χ4v) is 2.95. The summed E-state index contributed by atoms with van der Waals surface area (Å²) >= 11 is 0. The number of hydrogen-bond acceptors (Lipinski definition) is 5. The van der Waals surface area contributed by atoms with Crippen LogP contribution in [-0.4, -0.2) is 84.6 Å². The Morgan fingerprint density at radius 1 is 1.18 bits per heavy atom. The molecule has 2 saturated heterocycles. The van der Waals surface area contributed by atoms with Crippen molar-refractivity contribution in [1.82, 2.24) is 15.1 Å². The maximum absolute atomic E-state index is 9.45. The third-order valence-electron chi connectivity index (χ3n) is 4.13. The molecule has 17 heavy (non-hydrogen) atoms. The van der Waals surface area contributed by atoms with E-state index in [0.29, 0.717) is 6.04 Å². The van der Waals surface area contributed by atoms with Crippen molar-refractivity contribution in [2.75, 3.05) is 46.4 Å². The van der Waals surface area contributed by atoms with Crippen molar-refractivity contribution in [3.8, 4) is 0 Å². The maximum atomic E-state index is 9.45. The van der Waals surface area contributed by atoms with Gasteiger partial charge in [0.2, 0.25) is 0 Å². The highest BCUT2D eigenvalue weighted by molar-refractivity contribution is 4.91. The van der Waals surface area contributed by atoms with Gasteiger partial charge in [0.05, 0.1) is 13.2 Å². The largest absolute Gasteiger partial charge is 0.395 e. The smallest absolute Gasteiger partial charge is 0.0599 e. The number of hydrogen-bond donors (Lipinski definition) is 3. The lowest BCUT2D eigenvalue weighted by atomic mass is 9.98. The van der Waals surface area contributed by atoms with E-state index in [0.717, 1.165) is 26.2 Å². The van der Waals surface area contributed by atoms with Crippen LogP contribution in [0.3, 0.4) is 0 Å². The lowest BCUT2D eigenvalue weighted by Crippen LogP contribution is -2.62. The van der Waals surface area contributed by atoms with Gasteiger partial charge in [-0.15, -0.1) is 0 Å². The molecule has 100 valence electrons. The summed E-state index contributed by atoms with van der Waals surface area (Å²) in [5.74, 6) is 0. The van der Waals surface area contributed by atoms with E-state index in [1.807, 2.05) is 0 Å². The standard InChI is InChI=1S/C12H25N3O2/c1-14-4-2-11(3-5-14)15-7-10(8-16)13-6-12(15)9-17/h10-13,16-17H,2-9H2,1H3. The number of nitrogens with zero attached hydrogens (tertiary/aromatic N) is 2. The highest BCUT2D eigenvalue weighted by Gasteiger charge is 2.33. The molecule has 5 heteroatoms. The molecule has 0 aromatic heterocycles. The first-order valence-electron chi connectivity index (χ1n) is 6.64. The van der Waals surface area contributed by atoms with Crippen LogP contribution in [0.15, 0.2) is 0 Å². The average Bonchev–Trinajstić information content (AvgIpc) is 2.39. The van der Waals surface area contributed by atoms with Crippen LogP contribution < -0.4 is 5.32 Å². The Hall–Kier alpha value is -0.200. The van der Waals surface area contributed by atoms with Crippen LogP contribution in [0.5, 0.6) is 0 Å². The summed E-state index contributed by atoms with van der Waals surface area (Å²) in [4.78, 5) is 4.76. The van der Waals surface area contributed by atoms with Crippen LogP contribution in [0, 0.1) is 0 Å². The number of piperidine rings is 1. The molecule has 0 aromatic rings. The summed E-state index contributed by atoms with van der Waals surface area (Å²) in [6.07, 6.45) is 2.34. The SMILES string of the molecule is CN1CCC(N2CC(CO)NCC2CO)CC1. The fraction of sp³-hybridized carbons (Fsp3) is 1.00. The molecule has 2 fully saturated rings. The predicted octanol–water partition coefficient (Wildman–Crippen LogP) is -1.29. The molecule has 0 amide bonds. The van der Waals surface area contributed by atoms with Crippen molar-refractivity contribution in [3.63, 3.8) is 0 Å². The highest BCUT2D eigenvalue weighted by Crippen LogP contribution is 2.20.